The monoisotopic (exact) mass is 530 g/mol. The SMILES string of the molecule is CCNC(=O)[C@H]1O[C@@H](n2cnc3c(N)nc(C#CCN4CCN(C(=O)OC(C)(C)C)CC4)nc32)C(O)C1O. The highest BCUT2D eigenvalue weighted by Gasteiger charge is 2.47. The van der Waals surface area contributed by atoms with Gasteiger partial charge in [0.25, 0.3) is 5.91 Å². The molecule has 2 unspecified atom stereocenters. The summed E-state index contributed by atoms with van der Waals surface area (Å²) >= 11 is 0. The molecule has 38 heavy (non-hydrogen) atoms. The molecule has 2 aromatic heterocycles. The third-order valence-electron chi connectivity index (χ3n) is 6.10. The van der Waals surface area contributed by atoms with Crippen molar-refractivity contribution in [2.75, 3.05) is 45.0 Å². The van der Waals surface area contributed by atoms with Crippen molar-refractivity contribution < 1.29 is 29.3 Å². The second-order valence-electron chi connectivity index (χ2n) is 10.1. The number of ether oxygens (including phenoxy) is 2. The van der Waals surface area contributed by atoms with Crippen molar-refractivity contribution in [2.45, 2.75) is 57.8 Å². The average Bonchev–Trinajstić information content (AvgIpc) is 3.40. The number of aromatic nitrogens is 4. The Kier molecular flexibility index (Phi) is 8.02. The van der Waals surface area contributed by atoms with Gasteiger partial charge in [-0.25, -0.2) is 19.7 Å². The molecule has 4 atom stereocenters. The number of carbonyl (C=O) groups excluding carboxylic acids is 2. The lowest BCUT2D eigenvalue weighted by molar-refractivity contribution is -0.137. The van der Waals surface area contributed by atoms with Gasteiger partial charge in [0.2, 0.25) is 5.82 Å². The van der Waals surface area contributed by atoms with Crippen LogP contribution < -0.4 is 11.1 Å². The van der Waals surface area contributed by atoms with Crippen LogP contribution in [-0.4, -0.2) is 115 Å². The van der Waals surface area contributed by atoms with Crippen LogP contribution in [0.25, 0.3) is 11.2 Å². The summed E-state index contributed by atoms with van der Waals surface area (Å²) in [4.78, 5) is 41.1. The predicted octanol–water partition coefficient (Wildman–Crippen LogP) is -0.932. The van der Waals surface area contributed by atoms with Crippen molar-refractivity contribution in [3.8, 4) is 11.8 Å². The Morgan fingerprint density at radius 2 is 1.92 bits per heavy atom. The molecule has 2 aliphatic heterocycles. The molecule has 0 spiro atoms. The first-order valence-corrected chi connectivity index (χ1v) is 12.5. The number of hydrogen-bond donors (Lipinski definition) is 4. The number of likely N-dealkylation sites (N-methyl/N-ethyl adjacent to an activating group) is 1. The van der Waals surface area contributed by atoms with E-state index < -0.39 is 36.0 Å². The molecule has 2 fully saturated rings. The summed E-state index contributed by atoms with van der Waals surface area (Å²) in [5, 5.41) is 23.5. The topological polar surface area (TPSA) is 181 Å². The fourth-order valence-corrected chi connectivity index (χ4v) is 4.21. The molecule has 0 aromatic carbocycles. The Hall–Kier alpha value is -3.51. The summed E-state index contributed by atoms with van der Waals surface area (Å²) in [5.74, 6) is 5.66. The molecule has 14 nitrogen and oxygen atoms in total. The van der Waals surface area contributed by atoms with E-state index in [0.29, 0.717) is 39.3 Å². The number of amides is 2. The largest absolute Gasteiger partial charge is 0.444 e. The number of hydrogen-bond acceptors (Lipinski definition) is 11. The molecular weight excluding hydrogens is 496 g/mol. The van der Waals surface area contributed by atoms with Crippen LogP contribution in [0.2, 0.25) is 0 Å². The number of nitrogens with zero attached hydrogens (tertiary/aromatic N) is 6. The van der Waals surface area contributed by atoms with Gasteiger partial charge in [0.15, 0.2) is 23.8 Å². The van der Waals surface area contributed by atoms with E-state index in [2.05, 4.69) is 37.0 Å². The van der Waals surface area contributed by atoms with E-state index in [4.69, 9.17) is 15.2 Å². The molecule has 14 heteroatoms. The lowest BCUT2D eigenvalue weighted by Crippen LogP contribution is -2.50. The standard InChI is InChI=1S/C24H34N8O6/c1-5-26-21(35)18-16(33)17(34)22(37-18)32-13-27-15-19(25)28-14(29-20(15)32)7-6-8-30-9-11-31(12-10-30)23(36)38-24(2,3)4/h13,16-18,22,33-34H,5,8-12H2,1-4H3,(H,26,35)(H2,25,28,29)/t16?,17?,18-,22+/m0/s1. The van der Waals surface area contributed by atoms with Gasteiger partial charge in [0.1, 0.15) is 23.3 Å². The molecule has 2 aromatic rings. The lowest BCUT2D eigenvalue weighted by Gasteiger charge is -2.34. The Morgan fingerprint density at radius 3 is 2.58 bits per heavy atom. The fraction of sp³-hybridized carbons (Fsp3) is 0.625. The summed E-state index contributed by atoms with van der Waals surface area (Å²) in [6, 6.07) is 0. The Labute approximate surface area is 220 Å². The van der Waals surface area contributed by atoms with Crippen molar-refractivity contribution in [2.24, 2.45) is 0 Å². The van der Waals surface area contributed by atoms with Gasteiger partial charge in [-0.05, 0) is 33.6 Å². The minimum Gasteiger partial charge on any atom is -0.444 e. The van der Waals surface area contributed by atoms with Gasteiger partial charge in [-0.15, -0.1) is 0 Å². The molecular formula is C24H34N8O6. The third kappa shape index (κ3) is 5.97. The summed E-state index contributed by atoms with van der Waals surface area (Å²) in [6.07, 6.45) is -4.15. The number of piperazine rings is 1. The summed E-state index contributed by atoms with van der Waals surface area (Å²) in [6.45, 7) is 10.4. The highest BCUT2D eigenvalue weighted by atomic mass is 16.6. The molecule has 0 bridgehead atoms. The van der Waals surface area contributed by atoms with Gasteiger partial charge < -0.3 is 35.6 Å². The van der Waals surface area contributed by atoms with Crippen molar-refractivity contribution in [1.29, 1.82) is 0 Å². The number of carbonyl (C=O) groups is 2. The number of nitrogens with one attached hydrogen (secondary N) is 1. The smallest absolute Gasteiger partial charge is 0.410 e. The molecule has 2 amide bonds. The third-order valence-corrected chi connectivity index (χ3v) is 6.10. The molecule has 4 rings (SSSR count). The van der Waals surface area contributed by atoms with Crippen molar-refractivity contribution in [3.63, 3.8) is 0 Å². The first-order valence-electron chi connectivity index (χ1n) is 12.5. The highest BCUT2D eigenvalue weighted by Crippen LogP contribution is 2.32. The summed E-state index contributed by atoms with van der Waals surface area (Å²) < 4.78 is 12.5. The first-order chi connectivity index (χ1) is 18.0. The maximum absolute atomic E-state index is 12.2. The van der Waals surface area contributed by atoms with Crippen LogP contribution in [-0.2, 0) is 14.3 Å². The van der Waals surface area contributed by atoms with Crippen molar-refractivity contribution in [3.05, 3.63) is 12.2 Å². The molecule has 5 N–H and O–H groups in total. The number of aliphatic hydroxyl groups is 2. The first kappa shape index (κ1) is 27.5. The molecule has 0 radical (unpaired) electrons. The van der Waals surface area contributed by atoms with Crippen LogP contribution in [0, 0.1) is 11.8 Å². The zero-order chi connectivity index (χ0) is 27.6. The van der Waals surface area contributed by atoms with Crippen LogP contribution >= 0.6 is 0 Å². The van der Waals surface area contributed by atoms with Crippen LogP contribution in [0.3, 0.4) is 0 Å². The lowest BCUT2D eigenvalue weighted by atomic mass is 10.1. The fourth-order valence-electron chi connectivity index (χ4n) is 4.21. The molecule has 4 heterocycles. The molecule has 2 aliphatic rings. The van der Waals surface area contributed by atoms with Crippen LogP contribution in [0.4, 0.5) is 10.6 Å². The number of nitrogen functional groups attached to an aromatic ring is 1. The van der Waals surface area contributed by atoms with Crippen LogP contribution in [0.1, 0.15) is 39.7 Å². The van der Waals surface area contributed by atoms with E-state index in [9.17, 15) is 19.8 Å². The van der Waals surface area contributed by atoms with E-state index in [1.165, 1.54) is 10.9 Å². The van der Waals surface area contributed by atoms with Gasteiger partial charge in [-0.3, -0.25) is 14.3 Å². The molecule has 2 saturated heterocycles. The van der Waals surface area contributed by atoms with Gasteiger partial charge in [0.05, 0.1) is 12.9 Å². The minimum atomic E-state index is -1.43. The number of fused-ring (bicyclic) bond motifs is 1. The van der Waals surface area contributed by atoms with Gasteiger partial charge >= 0.3 is 6.09 Å². The second kappa shape index (κ2) is 11.1. The zero-order valence-electron chi connectivity index (χ0n) is 21.9. The van der Waals surface area contributed by atoms with E-state index in [1.807, 2.05) is 20.8 Å². The number of anilines is 1. The van der Waals surface area contributed by atoms with E-state index in [0.717, 1.165) is 0 Å². The van der Waals surface area contributed by atoms with Crippen molar-refractivity contribution >= 4 is 29.0 Å². The number of nitrogens with two attached hydrogens (primary N) is 1. The van der Waals surface area contributed by atoms with Crippen LogP contribution in [0.5, 0.6) is 0 Å². The van der Waals surface area contributed by atoms with Gasteiger partial charge in [0, 0.05) is 32.7 Å². The maximum Gasteiger partial charge on any atom is 0.410 e. The van der Waals surface area contributed by atoms with Gasteiger partial charge in [-0.2, -0.15) is 0 Å². The Balaban J connectivity index is 1.43. The number of rotatable bonds is 4. The Morgan fingerprint density at radius 1 is 1.21 bits per heavy atom. The number of imidazole rings is 1. The molecule has 206 valence electrons. The minimum absolute atomic E-state index is 0.0948. The van der Waals surface area contributed by atoms with E-state index in [-0.39, 0.29) is 28.9 Å². The predicted molar refractivity (Wildman–Crippen MR) is 135 cm³/mol. The van der Waals surface area contributed by atoms with Crippen LogP contribution in [0.15, 0.2) is 6.33 Å². The van der Waals surface area contributed by atoms with E-state index >= 15 is 0 Å². The molecule has 0 saturated carbocycles. The summed E-state index contributed by atoms with van der Waals surface area (Å²) in [5.41, 5.74) is 6.07. The molecule has 0 aliphatic carbocycles. The summed E-state index contributed by atoms with van der Waals surface area (Å²) in [7, 11) is 0. The average molecular weight is 531 g/mol. The zero-order valence-corrected chi connectivity index (χ0v) is 21.9. The van der Waals surface area contributed by atoms with Gasteiger partial charge in [-0.1, -0.05) is 5.92 Å². The van der Waals surface area contributed by atoms with E-state index in [1.54, 1.807) is 11.8 Å². The quantitative estimate of drug-likeness (QED) is 0.358. The Bertz CT molecular complexity index is 1240. The van der Waals surface area contributed by atoms with Crippen molar-refractivity contribution in [1.82, 2.24) is 34.6 Å². The highest BCUT2D eigenvalue weighted by molar-refractivity contribution is 5.83. The second-order valence-corrected chi connectivity index (χ2v) is 10.1. The number of aliphatic hydroxyl groups excluding tert-OH is 2. The maximum atomic E-state index is 12.2. The normalized spacial score (nSPS) is 24.2.